The third-order valence-electron chi connectivity index (χ3n) is 2.02. The molecule has 2 heteroatoms. The highest BCUT2D eigenvalue weighted by molar-refractivity contribution is 8.00. The molecule has 62 valence electrons. The van der Waals surface area contributed by atoms with Crippen molar-refractivity contribution in [3.8, 4) is 0 Å². The summed E-state index contributed by atoms with van der Waals surface area (Å²) in [7, 11) is 0. The van der Waals surface area contributed by atoms with Crippen molar-refractivity contribution >= 4 is 11.8 Å². The molecule has 0 aliphatic rings. The summed E-state index contributed by atoms with van der Waals surface area (Å²) in [5, 5.41) is 0. The van der Waals surface area contributed by atoms with Gasteiger partial charge in [0.2, 0.25) is 0 Å². The maximum Gasteiger partial charge on any atom is 0.0251 e. The summed E-state index contributed by atoms with van der Waals surface area (Å²) < 4.78 is 0.246. The monoisotopic (exact) mass is 161 g/mol. The number of nitrogens with two attached hydrogens (primary N) is 1. The fraction of sp³-hybridized carbons (Fsp3) is 1.00. The molecule has 1 nitrogen and oxygen atoms in total. The molecule has 0 spiro atoms. The highest BCUT2D eigenvalue weighted by Gasteiger charge is 2.23. The lowest BCUT2D eigenvalue weighted by atomic mass is 10.00. The maximum atomic E-state index is 5.95. The van der Waals surface area contributed by atoms with Crippen LogP contribution < -0.4 is 5.73 Å². The van der Waals surface area contributed by atoms with E-state index in [0.29, 0.717) is 6.04 Å². The van der Waals surface area contributed by atoms with Gasteiger partial charge in [0.15, 0.2) is 0 Å². The van der Waals surface area contributed by atoms with Gasteiger partial charge in [-0.1, -0.05) is 13.3 Å². The van der Waals surface area contributed by atoms with E-state index >= 15 is 0 Å². The summed E-state index contributed by atoms with van der Waals surface area (Å²) in [6.07, 6.45) is 4.44. The van der Waals surface area contributed by atoms with Crippen LogP contribution in [0.2, 0.25) is 0 Å². The highest BCUT2D eigenvalue weighted by Crippen LogP contribution is 2.26. The number of hydrogen-bond acceptors (Lipinski definition) is 2. The van der Waals surface area contributed by atoms with Gasteiger partial charge in [-0.05, 0) is 26.5 Å². The van der Waals surface area contributed by atoms with Gasteiger partial charge in [-0.3, -0.25) is 0 Å². The molecule has 0 saturated heterocycles. The van der Waals surface area contributed by atoms with Gasteiger partial charge < -0.3 is 5.73 Å². The van der Waals surface area contributed by atoms with Gasteiger partial charge in [-0.25, -0.2) is 0 Å². The van der Waals surface area contributed by atoms with Gasteiger partial charge in [0.1, 0.15) is 0 Å². The molecular weight excluding hydrogens is 142 g/mol. The second-order valence-corrected chi connectivity index (χ2v) is 4.66. The molecule has 0 heterocycles. The minimum Gasteiger partial charge on any atom is -0.326 e. The lowest BCUT2D eigenvalue weighted by Gasteiger charge is -2.29. The van der Waals surface area contributed by atoms with Gasteiger partial charge >= 0.3 is 0 Å². The molecule has 0 bridgehead atoms. The summed E-state index contributed by atoms with van der Waals surface area (Å²) in [4.78, 5) is 0. The van der Waals surface area contributed by atoms with Crippen LogP contribution in [-0.4, -0.2) is 17.0 Å². The van der Waals surface area contributed by atoms with Crippen LogP contribution in [0.15, 0.2) is 0 Å². The standard InChI is InChI=1S/C8H19NS/c1-5-6-7(9)8(2,3)10-4/h7H,5-6,9H2,1-4H3/t7-/m0/s1. The zero-order valence-electron chi connectivity index (χ0n) is 7.48. The summed E-state index contributed by atoms with van der Waals surface area (Å²) in [6.45, 7) is 6.59. The Morgan fingerprint density at radius 3 is 2.30 bits per heavy atom. The SMILES string of the molecule is CCC[C@H](N)C(C)(C)SC. The lowest BCUT2D eigenvalue weighted by Crippen LogP contribution is -2.40. The second kappa shape index (κ2) is 4.24. The van der Waals surface area contributed by atoms with Crippen LogP contribution in [0.4, 0.5) is 0 Å². The van der Waals surface area contributed by atoms with Crippen molar-refractivity contribution in [1.29, 1.82) is 0 Å². The van der Waals surface area contributed by atoms with Crippen molar-refractivity contribution < 1.29 is 0 Å². The van der Waals surface area contributed by atoms with Crippen LogP contribution in [0.3, 0.4) is 0 Å². The predicted molar refractivity (Wildman–Crippen MR) is 50.5 cm³/mol. The third kappa shape index (κ3) is 2.93. The van der Waals surface area contributed by atoms with Gasteiger partial charge in [0.05, 0.1) is 0 Å². The van der Waals surface area contributed by atoms with Gasteiger partial charge in [0.25, 0.3) is 0 Å². The van der Waals surface area contributed by atoms with E-state index < -0.39 is 0 Å². The average Bonchev–Trinajstić information content (AvgIpc) is 1.89. The zero-order chi connectivity index (χ0) is 8.20. The second-order valence-electron chi connectivity index (χ2n) is 3.20. The first kappa shape index (κ1) is 10.3. The molecule has 0 aliphatic carbocycles. The smallest absolute Gasteiger partial charge is 0.0251 e. The van der Waals surface area contributed by atoms with Gasteiger partial charge in [-0.2, -0.15) is 11.8 Å². The minimum absolute atomic E-state index is 0.246. The fourth-order valence-electron chi connectivity index (χ4n) is 0.810. The Hall–Kier alpha value is 0.310. The molecule has 10 heavy (non-hydrogen) atoms. The zero-order valence-corrected chi connectivity index (χ0v) is 8.29. The molecule has 0 fully saturated rings. The molecule has 2 N–H and O–H groups in total. The summed E-state index contributed by atoms with van der Waals surface area (Å²) >= 11 is 1.85. The van der Waals surface area contributed by atoms with E-state index in [9.17, 15) is 0 Å². The molecule has 0 unspecified atom stereocenters. The van der Waals surface area contributed by atoms with E-state index in [4.69, 9.17) is 5.73 Å². The molecular formula is C8H19NS. The first-order valence-electron chi connectivity index (χ1n) is 3.85. The first-order chi connectivity index (χ1) is 4.54. The van der Waals surface area contributed by atoms with E-state index in [0.717, 1.165) is 6.42 Å². The van der Waals surface area contributed by atoms with E-state index in [2.05, 4.69) is 27.0 Å². The number of hydrogen-bond donors (Lipinski definition) is 1. The van der Waals surface area contributed by atoms with Crippen molar-refractivity contribution in [2.24, 2.45) is 5.73 Å². The van der Waals surface area contributed by atoms with Crippen molar-refractivity contribution in [3.63, 3.8) is 0 Å². The van der Waals surface area contributed by atoms with E-state index in [1.54, 1.807) is 0 Å². The Morgan fingerprint density at radius 2 is 2.00 bits per heavy atom. The Bertz CT molecular complexity index is 91.3. The Balaban J connectivity index is 3.78. The lowest BCUT2D eigenvalue weighted by molar-refractivity contribution is 0.499. The Labute approximate surface area is 68.8 Å². The molecule has 0 aromatic carbocycles. The molecule has 0 amide bonds. The van der Waals surface area contributed by atoms with Crippen molar-refractivity contribution in [3.05, 3.63) is 0 Å². The minimum atomic E-state index is 0.246. The third-order valence-corrected chi connectivity index (χ3v) is 3.37. The van der Waals surface area contributed by atoms with Gasteiger partial charge in [0, 0.05) is 10.8 Å². The average molecular weight is 161 g/mol. The van der Waals surface area contributed by atoms with E-state index in [1.165, 1.54) is 6.42 Å². The molecule has 0 aromatic heterocycles. The van der Waals surface area contributed by atoms with Crippen LogP contribution in [-0.2, 0) is 0 Å². The maximum absolute atomic E-state index is 5.95. The predicted octanol–water partition coefficient (Wildman–Crippen LogP) is 2.26. The summed E-state index contributed by atoms with van der Waals surface area (Å²) in [5.74, 6) is 0. The van der Waals surface area contributed by atoms with Crippen molar-refractivity contribution in [2.75, 3.05) is 6.26 Å². The quantitative estimate of drug-likeness (QED) is 0.684. The molecule has 0 aromatic rings. The molecule has 1 atom stereocenters. The van der Waals surface area contributed by atoms with E-state index in [1.807, 2.05) is 11.8 Å². The van der Waals surface area contributed by atoms with Crippen LogP contribution in [0.5, 0.6) is 0 Å². The number of rotatable bonds is 4. The highest BCUT2D eigenvalue weighted by atomic mass is 32.2. The normalized spacial score (nSPS) is 15.3. The topological polar surface area (TPSA) is 26.0 Å². The Kier molecular flexibility index (Phi) is 4.37. The fourth-order valence-corrected chi connectivity index (χ4v) is 1.23. The van der Waals surface area contributed by atoms with Crippen LogP contribution in [0, 0.1) is 0 Å². The van der Waals surface area contributed by atoms with Crippen LogP contribution in [0.25, 0.3) is 0 Å². The largest absolute Gasteiger partial charge is 0.326 e. The molecule has 0 aliphatic heterocycles. The first-order valence-corrected chi connectivity index (χ1v) is 5.07. The van der Waals surface area contributed by atoms with Crippen LogP contribution in [0.1, 0.15) is 33.6 Å². The summed E-state index contributed by atoms with van der Waals surface area (Å²) in [5.41, 5.74) is 5.95. The van der Waals surface area contributed by atoms with Crippen LogP contribution >= 0.6 is 11.8 Å². The van der Waals surface area contributed by atoms with Gasteiger partial charge in [-0.15, -0.1) is 0 Å². The Morgan fingerprint density at radius 1 is 1.50 bits per heavy atom. The van der Waals surface area contributed by atoms with E-state index in [-0.39, 0.29) is 4.75 Å². The molecule has 0 saturated carbocycles. The summed E-state index contributed by atoms with van der Waals surface area (Å²) in [6, 6.07) is 0.340. The number of thioether (sulfide) groups is 1. The molecule has 0 radical (unpaired) electrons. The van der Waals surface area contributed by atoms with Crippen molar-refractivity contribution in [2.45, 2.75) is 44.4 Å². The molecule has 0 rings (SSSR count). The van der Waals surface area contributed by atoms with Crippen molar-refractivity contribution in [1.82, 2.24) is 0 Å².